The fraction of sp³-hybridized carbons (Fsp3) is 0.364. The van der Waals surface area contributed by atoms with E-state index in [9.17, 15) is 0 Å². The Morgan fingerprint density at radius 2 is 2.20 bits per heavy atom. The van der Waals surface area contributed by atoms with E-state index in [1.807, 2.05) is 13.0 Å². The van der Waals surface area contributed by atoms with E-state index in [1.165, 1.54) is 0 Å². The zero-order chi connectivity index (χ0) is 11.3. The topological polar surface area (TPSA) is 33.0 Å². The van der Waals surface area contributed by atoms with Crippen LogP contribution in [0.4, 0.5) is 0 Å². The molecule has 1 rings (SSSR count). The molecule has 0 N–H and O–H groups in total. The molecule has 0 spiro atoms. The van der Waals surface area contributed by atoms with Gasteiger partial charge in [-0.25, -0.2) is 0 Å². The predicted molar refractivity (Wildman–Crippen MR) is 61.8 cm³/mol. The van der Waals surface area contributed by atoms with Crippen LogP contribution >= 0.6 is 23.2 Å². The summed E-state index contributed by atoms with van der Waals surface area (Å²) in [6.07, 6.45) is 0.837. The van der Waals surface area contributed by atoms with Gasteiger partial charge < -0.3 is 4.74 Å². The SMILES string of the molecule is CCc1cc(Cl)c(OCCCl)c(C#N)c1. The van der Waals surface area contributed by atoms with Crippen LogP contribution in [0.3, 0.4) is 0 Å². The third kappa shape index (κ3) is 3.02. The van der Waals surface area contributed by atoms with Crippen molar-refractivity contribution in [1.29, 1.82) is 5.26 Å². The summed E-state index contributed by atoms with van der Waals surface area (Å²) < 4.78 is 5.32. The number of hydrogen-bond acceptors (Lipinski definition) is 2. The molecule has 4 heteroatoms. The first-order valence-electron chi connectivity index (χ1n) is 4.64. The number of nitriles is 1. The molecule has 2 nitrogen and oxygen atoms in total. The highest BCUT2D eigenvalue weighted by atomic mass is 35.5. The molecule has 0 saturated heterocycles. The molecule has 1 aromatic rings. The average molecular weight is 244 g/mol. The zero-order valence-electron chi connectivity index (χ0n) is 8.39. The molecule has 0 fully saturated rings. The van der Waals surface area contributed by atoms with Crippen molar-refractivity contribution < 1.29 is 4.74 Å². The van der Waals surface area contributed by atoms with E-state index in [1.54, 1.807) is 6.07 Å². The van der Waals surface area contributed by atoms with Gasteiger partial charge in [0.15, 0.2) is 5.75 Å². The lowest BCUT2D eigenvalue weighted by Crippen LogP contribution is -2.01. The fourth-order valence-corrected chi connectivity index (χ4v) is 1.60. The standard InChI is InChI=1S/C11H11Cl2NO/c1-2-8-5-9(7-14)11(10(13)6-8)15-4-3-12/h5-6H,2-4H2,1H3. The lowest BCUT2D eigenvalue weighted by Gasteiger charge is -2.09. The van der Waals surface area contributed by atoms with Gasteiger partial charge in [0.25, 0.3) is 0 Å². The molecule has 0 saturated carbocycles. The molecule has 0 amide bonds. The van der Waals surface area contributed by atoms with E-state index in [-0.39, 0.29) is 0 Å². The van der Waals surface area contributed by atoms with E-state index < -0.39 is 0 Å². The minimum Gasteiger partial charge on any atom is -0.489 e. The Balaban J connectivity index is 3.08. The Labute approximate surface area is 99.4 Å². The van der Waals surface area contributed by atoms with Crippen molar-refractivity contribution in [2.45, 2.75) is 13.3 Å². The van der Waals surface area contributed by atoms with Gasteiger partial charge in [-0.05, 0) is 24.1 Å². The Kier molecular flexibility index (Phi) is 4.74. The first kappa shape index (κ1) is 12.2. The van der Waals surface area contributed by atoms with Gasteiger partial charge >= 0.3 is 0 Å². The predicted octanol–water partition coefficient (Wildman–Crippen LogP) is 3.39. The first-order valence-corrected chi connectivity index (χ1v) is 5.55. The van der Waals surface area contributed by atoms with Crippen molar-refractivity contribution in [3.63, 3.8) is 0 Å². The van der Waals surface area contributed by atoms with E-state index in [2.05, 4.69) is 6.07 Å². The first-order chi connectivity index (χ1) is 7.22. The Morgan fingerprint density at radius 3 is 2.73 bits per heavy atom. The highest BCUT2D eigenvalue weighted by molar-refractivity contribution is 6.32. The van der Waals surface area contributed by atoms with Crippen LogP contribution in [-0.4, -0.2) is 12.5 Å². The molecule has 0 bridgehead atoms. The number of ether oxygens (including phenoxy) is 1. The van der Waals surface area contributed by atoms with Gasteiger partial charge in [-0.2, -0.15) is 5.26 Å². The van der Waals surface area contributed by atoms with E-state index >= 15 is 0 Å². The Bertz CT molecular complexity index is 385. The molecule has 0 heterocycles. The van der Waals surface area contributed by atoms with Crippen LogP contribution < -0.4 is 4.74 Å². The number of alkyl halides is 1. The molecule has 0 aliphatic rings. The summed E-state index contributed by atoms with van der Waals surface area (Å²) in [7, 11) is 0. The van der Waals surface area contributed by atoms with Gasteiger partial charge in [-0.3, -0.25) is 0 Å². The number of nitrogens with zero attached hydrogens (tertiary/aromatic N) is 1. The van der Waals surface area contributed by atoms with Crippen LogP contribution in [0.5, 0.6) is 5.75 Å². The zero-order valence-corrected chi connectivity index (χ0v) is 9.90. The molecule has 80 valence electrons. The highest BCUT2D eigenvalue weighted by Crippen LogP contribution is 2.30. The number of rotatable bonds is 4. The van der Waals surface area contributed by atoms with Crippen molar-refractivity contribution in [1.82, 2.24) is 0 Å². The van der Waals surface area contributed by atoms with Crippen molar-refractivity contribution in [3.8, 4) is 11.8 Å². The minimum absolute atomic E-state index is 0.349. The number of hydrogen-bond donors (Lipinski definition) is 0. The molecular formula is C11H11Cl2NO. The maximum Gasteiger partial charge on any atom is 0.155 e. The summed E-state index contributed by atoms with van der Waals surface area (Å²) in [6.45, 7) is 2.35. The van der Waals surface area contributed by atoms with Crippen molar-refractivity contribution in [2.75, 3.05) is 12.5 Å². The van der Waals surface area contributed by atoms with Gasteiger partial charge in [0.2, 0.25) is 0 Å². The molecular weight excluding hydrogens is 233 g/mol. The van der Waals surface area contributed by atoms with Crippen molar-refractivity contribution >= 4 is 23.2 Å². The monoisotopic (exact) mass is 243 g/mol. The lowest BCUT2D eigenvalue weighted by atomic mass is 10.1. The molecule has 0 atom stereocenters. The third-order valence-electron chi connectivity index (χ3n) is 1.96. The van der Waals surface area contributed by atoms with Crippen LogP contribution in [0, 0.1) is 11.3 Å². The quantitative estimate of drug-likeness (QED) is 0.760. The lowest BCUT2D eigenvalue weighted by molar-refractivity contribution is 0.342. The highest BCUT2D eigenvalue weighted by Gasteiger charge is 2.10. The Hall–Kier alpha value is -0.910. The summed E-state index contributed by atoms with van der Waals surface area (Å²) in [4.78, 5) is 0. The molecule has 0 radical (unpaired) electrons. The van der Waals surface area contributed by atoms with Crippen LogP contribution in [0.1, 0.15) is 18.1 Å². The summed E-state index contributed by atoms with van der Waals surface area (Å²) >= 11 is 11.5. The average Bonchev–Trinajstić information content (AvgIpc) is 2.26. The maximum atomic E-state index is 8.94. The second kappa shape index (κ2) is 5.85. The molecule has 15 heavy (non-hydrogen) atoms. The summed E-state index contributed by atoms with van der Waals surface area (Å²) in [5.41, 5.74) is 1.49. The van der Waals surface area contributed by atoms with Crippen molar-refractivity contribution in [3.05, 3.63) is 28.3 Å². The second-order valence-corrected chi connectivity index (χ2v) is 3.74. The minimum atomic E-state index is 0.349. The Morgan fingerprint density at radius 1 is 1.47 bits per heavy atom. The normalized spacial score (nSPS) is 9.73. The van der Waals surface area contributed by atoms with Crippen LogP contribution in [0.25, 0.3) is 0 Å². The molecule has 0 unspecified atom stereocenters. The molecule has 0 aliphatic carbocycles. The molecule has 0 aromatic heterocycles. The number of aryl methyl sites for hydroxylation is 1. The molecule has 1 aromatic carbocycles. The largest absolute Gasteiger partial charge is 0.489 e. The van der Waals surface area contributed by atoms with Gasteiger partial charge in [0, 0.05) is 0 Å². The molecule has 0 aliphatic heterocycles. The summed E-state index contributed by atoms with van der Waals surface area (Å²) in [5, 5.41) is 9.41. The van der Waals surface area contributed by atoms with Crippen LogP contribution in [0.2, 0.25) is 5.02 Å². The second-order valence-electron chi connectivity index (χ2n) is 2.96. The van der Waals surface area contributed by atoms with Crippen LogP contribution in [-0.2, 0) is 6.42 Å². The smallest absolute Gasteiger partial charge is 0.155 e. The van der Waals surface area contributed by atoms with E-state index in [4.69, 9.17) is 33.2 Å². The van der Waals surface area contributed by atoms with Crippen LogP contribution in [0.15, 0.2) is 12.1 Å². The third-order valence-corrected chi connectivity index (χ3v) is 2.39. The number of halogens is 2. The maximum absolute atomic E-state index is 8.94. The van der Waals surface area contributed by atoms with E-state index in [0.29, 0.717) is 28.8 Å². The summed E-state index contributed by atoms with van der Waals surface area (Å²) in [5.74, 6) is 0.800. The number of benzene rings is 1. The van der Waals surface area contributed by atoms with Gasteiger partial charge in [-0.1, -0.05) is 18.5 Å². The van der Waals surface area contributed by atoms with Gasteiger partial charge in [-0.15, -0.1) is 11.6 Å². The summed E-state index contributed by atoms with van der Waals surface area (Å²) in [6, 6.07) is 5.67. The van der Waals surface area contributed by atoms with Crippen molar-refractivity contribution in [2.24, 2.45) is 0 Å². The fourth-order valence-electron chi connectivity index (χ4n) is 1.22. The van der Waals surface area contributed by atoms with Gasteiger partial charge in [0.1, 0.15) is 12.7 Å². The van der Waals surface area contributed by atoms with E-state index in [0.717, 1.165) is 12.0 Å². The van der Waals surface area contributed by atoms with Gasteiger partial charge in [0.05, 0.1) is 16.5 Å².